The van der Waals surface area contributed by atoms with Gasteiger partial charge in [0.1, 0.15) is 10.8 Å². The van der Waals surface area contributed by atoms with Crippen LogP contribution >= 0.6 is 11.3 Å². The van der Waals surface area contributed by atoms with E-state index in [4.69, 9.17) is 0 Å². The first kappa shape index (κ1) is 15.6. The first-order valence-corrected chi connectivity index (χ1v) is 7.50. The quantitative estimate of drug-likeness (QED) is 0.890. The highest BCUT2D eigenvalue weighted by Gasteiger charge is 2.08. The average molecular weight is 307 g/mol. The van der Waals surface area contributed by atoms with E-state index in [1.165, 1.54) is 12.1 Å². The van der Waals surface area contributed by atoms with E-state index in [0.717, 1.165) is 22.8 Å². The minimum atomic E-state index is -0.277. The summed E-state index contributed by atoms with van der Waals surface area (Å²) >= 11 is 1.56. The lowest BCUT2D eigenvalue weighted by Crippen LogP contribution is -2.24. The molecule has 6 heteroatoms. The molecule has 0 saturated heterocycles. The van der Waals surface area contributed by atoms with Crippen molar-refractivity contribution >= 4 is 17.2 Å². The molecule has 4 nitrogen and oxygen atoms in total. The van der Waals surface area contributed by atoms with Gasteiger partial charge in [-0.1, -0.05) is 12.1 Å². The van der Waals surface area contributed by atoms with Crippen molar-refractivity contribution in [2.75, 3.05) is 14.1 Å². The molecule has 0 unspecified atom stereocenters. The van der Waals surface area contributed by atoms with Crippen LogP contribution in [0.25, 0.3) is 0 Å². The zero-order chi connectivity index (χ0) is 15.2. The number of thiazole rings is 1. The van der Waals surface area contributed by atoms with Crippen molar-refractivity contribution in [1.82, 2.24) is 15.2 Å². The van der Waals surface area contributed by atoms with Crippen LogP contribution < -0.4 is 5.32 Å². The van der Waals surface area contributed by atoms with Crippen molar-refractivity contribution in [2.24, 2.45) is 0 Å². The van der Waals surface area contributed by atoms with Gasteiger partial charge < -0.3 is 10.2 Å². The Bertz CT molecular complexity index is 595. The topological polar surface area (TPSA) is 45.2 Å². The molecule has 0 atom stereocenters. The summed E-state index contributed by atoms with van der Waals surface area (Å²) in [5.41, 5.74) is 1.66. The van der Waals surface area contributed by atoms with Crippen LogP contribution in [0.15, 0.2) is 29.6 Å². The van der Waals surface area contributed by atoms with Crippen molar-refractivity contribution in [3.8, 4) is 0 Å². The van der Waals surface area contributed by atoms with Crippen LogP contribution in [0.4, 0.5) is 4.39 Å². The summed E-state index contributed by atoms with van der Waals surface area (Å²) in [6, 6.07) is 6.09. The number of benzene rings is 1. The van der Waals surface area contributed by atoms with Crippen LogP contribution in [-0.2, 0) is 24.3 Å². The van der Waals surface area contributed by atoms with E-state index >= 15 is 0 Å². The molecule has 0 radical (unpaired) electrons. The molecule has 0 saturated carbocycles. The van der Waals surface area contributed by atoms with Crippen molar-refractivity contribution in [3.63, 3.8) is 0 Å². The Morgan fingerprint density at radius 1 is 1.33 bits per heavy atom. The van der Waals surface area contributed by atoms with Crippen LogP contribution in [0.2, 0.25) is 0 Å². The molecule has 0 fully saturated rings. The van der Waals surface area contributed by atoms with Crippen LogP contribution in [0.3, 0.4) is 0 Å². The maximum absolute atomic E-state index is 12.8. The molecule has 21 heavy (non-hydrogen) atoms. The number of hydrogen-bond acceptors (Lipinski definition) is 4. The molecule has 0 aliphatic rings. The van der Waals surface area contributed by atoms with Gasteiger partial charge in [0.25, 0.3) is 0 Å². The zero-order valence-electron chi connectivity index (χ0n) is 12.1. The predicted molar refractivity (Wildman–Crippen MR) is 81.5 cm³/mol. The van der Waals surface area contributed by atoms with Gasteiger partial charge in [0.2, 0.25) is 5.91 Å². The molecule has 2 rings (SSSR count). The Kier molecular flexibility index (Phi) is 5.41. The smallest absolute Gasteiger partial charge is 0.226 e. The van der Waals surface area contributed by atoms with Crippen LogP contribution in [0.5, 0.6) is 0 Å². The van der Waals surface area contributed by atoms with E-state index < -0.39 is 0 Å². The largest absolute Gasteiger partial charge is 0.352 e. The number of aromatic nitrogens is 1. The van der Waals surface area contributed by atoms with Crippen LogP contribution in [0, 0.1) is 5.82 Å². The second kappa shape index (κ2) is 7.28. The van der Waals surface area contributed by atoms with Gasteiger partial charge in [-0.25, -0.2) is 9.37 Å². The normalized spacial score (nSPS) is 10.9. The maximum atomic E-state index is 12.8. The lowest BCUT2D eigenvalue weighted by molar-refractivity contribution is -0.120. The summed E-state index contributed by atoms with van der Waals surface area (Å²) in [6.45, 7) is 1.18. The fourth-order valence-corrected chi connectivity index (χ4v) is 2.71. The predicted octanol–water partition coefficient (Wildman–Crippen LogP) is 2.20. The van der Waals surface area contributed by atoms with E-state index in [1.807, 2.05) is 24.4 Å². The first-order valence-electron chi connectivity index (χ1n) is 6.62. The summed E-state index contributed by atoms with van der Waals surface area (Å²) in [5, 5.41) is 5.72. The minimum Gasteiger partial charge on any atom is -0.352 e. The number of rotatable bonds is 6. The SMILES string of the molecule is CN(C)Cc1nc(CC(=O)NCc2ccc(F)cc2)cs1. The molecule has 1 amide bonds. The zero-order valence-corrected chi connectivity index (χ0v) is 12.9. The number of carbonyl (C=O) groups excluding carboxylic acids is 1. The third-order valence-corrected chi connectivity index (χ3v) is 3.68. The van der Waals surface area contributed by atoms with Gasteiger partial charge >= 0.3 is 0 Å². The highest BCUT2D eigenvalue weighted by molar-refractivity contribution is 7.09. The maximum Gasteiger partial charge on any atom is 0.226 e. The van der Waals surface area contributed by atoms with Gasteiger partial charge in [-0.3, -0.25) is 4.79 Å². The van der Waals surface area contributed by atoms with E-state index in [-0.39, 0.29) is 18.1 Å². The van der Waals surface area contributed by atoms with Gasteiger partial charge in [-0.2, -0.15) is 0 Å². The lowest BCUT2D eigenvalue weighted by atomic mass is 10.2. The van der Waals surface area contributed by atoms with E-state index in [2.05, 4.69) is 10.3 Å². The summed E-state index contributed by atoms with van der Waals surface area (Å²) in [4.78, 5) is 18.3. The Morgan fingerprint density at radius 3 is 2.71 bits per heavy atom. The van der Waals surface area contributed by atoms with Gasteiger partial charge in [0.05, 0.1) is 12.1 Å². The summed E-state index contributed by atoms with van der Waals surface area (Å²) < 4.78 is 12.8. The number of halogens is 1. The van der Waals surface area contributed by atoms with Crippen molar-refractivity contribution in [3.05, 3.63) is 51.7 Å². The summed E-state index contributed by atoms with van der Waals surface area (Å²) in [6.07, 6.45) is 0.269. The van der Waals surface area contributed by atoms with Crippen LogP contribution in [0.1, 0.15) is 16.3 Å². The van der Waals surface area contributed by atoms with Crippen molar-refractivity contribution < 1.29 is 9.18 Å². The molecular weight excluding hydrogens is 289 g/mol. The molecule has 0 bridgehead atoms. The number of amides is 1. The molecule has 1 aromatic heterocycles. The number of hydrogen-bond donors (Lipinski definition) is 1. The van der Waals surface area contributed by atoms with E-state index in [9.17, 15) is 9.18 Å². The monoisotopic (exact) mass is 307 g/mol. The van der Waals surface area contributed by atoms with Gasteiger partial charge in [-0.15, -0.1) is 11.3 Å². The second-order valence-electron chi connectivity index (χ2n) is 5.05. The molecule has 0 spiro atoms. The Labute approximate surface area is 127 Å². The molecule has 0 aliphatic carbocycles. The Morgan fingerprint density at radius 2 is 2.05 bits per heavy atom. The minimum absolute atomic E-state index is 0.0824. The number of nitrogens with one attached hydrogen (secondary N) is 1. The van der Waals surface area contributed by atoms with Gasteiger partial charge in [0.15, 0.2) is 0 Å². The molecule has 2 aromatic rings. The molecular formula is C15H18FN3OS. The Balaban J connectivity index is 1.81. The highest BCUT2D eigenvalue weighted by atomic mass is 32.1. The third-order valence-electron chi connectivity index (χ3n) is 2.80. The molecule has 112 valence electrons. The van der Waals surface area contributed by atoms with Gasteiger partial charge in [0, 0.05) is 18.5 Å². The third kappa shape index (κ3) is 5.24. The molecule has 1 N–H and O–H groups in total. The van der Waals surface area contributed by atoms with E-state index in [1.54, 1.807) is 23.5 Å². The molecule has 1 heterocycles. The highest BCUT2D eigenvalue weighted by Crippen LogP contribution is 2.11. The van der Waals surface area contributed by atoms with Gasteiger partial charge in [-0.05, 0) is 31.8 Å². The number of nitrogens with zero attached hydrogens (tertiary/aromatic N) is 2. The molecule has 1 aromatic carbocycles. The second-order valence-corrected chi connectivity index (χ2v) is 5.99. The fraction of sp³-hybridized carbons (Fsp3) is 0.333. The van der Waals surface area contributed by atoms with Crippen molar-refractivity contribution in [1.29, 1.82) is 0 Å². The average Bonchev–Trinajstić information content (AvgIpc) is 2.84. The molecule has 0 aliphatic heterocycles. The lowest BCUT2D eigenvalue weighted by Gasteiger charge is -2.05. The van der Waals surface area contributed by atoms with E-state index in [0.29, 0.717) is 6.54 Å². The Hall–Kier alpha value is -1.79. The standard InChI is InChI=1S/C15H18FN3OS/c1-19(2)9-15-18-13(10-21-15)7-14(20)17-8-11-3-5-12(16)6-4-11/h3-6,10H,7-9H2,1-2H3,(H,17,20). The summed E-state index contributed by atoms with van der Waals surface area (Å²) in [5.74, 6) is -0.359. The van der Waals surface area contributed by atoms with Crippen molar-refractivity contribution in [2.45, 2.75) is 19.5 Å². The van der Waals surface area contributed by atoms with Crippen LogP contribution in [-0.4, -0.2) is 29.9 Å². The fourth-order valence-electron chi connectivity index (χ4n) is 1.80. The summed E-state index contributed by atoms with van der Waals surface area (Å²) in [7, 11) is 3.97. The first-order chi connectivity index (χ1) is 10.0. The number of carbonyl (C=O) groups is 1.